The van der Waals surface area contributed by atoms with Crippen molar-refractivity contribution < 1.29 is 4.92 Å². The average molecular weight is 185 g/mol. The monoisotopic (exact) mass is 185 g/mol. The van der Waals surface area contributed by atoms with Crippen LogP contribution in [-0.2, 0) is 0 Å². The second kappa shape index (κ2) is 4.07. The third-order valence-electron chi connectivity index (χ3n) is 3.26. The summed E-state index contributed by atoms with van der Waals surface area (Å²) in [5.41, 5.74) is 0. The molecule has 1 saturated carbocycles. The highest BCUT2D eigenvalue weighted by atomic mass is 16.6. The topological polar surface area (TPSA) is 43.1 Å². The Kier molecular flexibility index (Phi) is 3.28. The maximum atomic E-state index is 10.8. The molecule has 0 bridgehead atoms. The van der Waals surface area contributed by atoms with Crippen LogP contribution in [0.2, 0.25) is 0 Å². The van der Waals surface area contributed by atoms with E-state index in [9.17, 15) is 10.1 Å². The van der Waals surface area contributed by atoms with Gasteiger partial charge in [-0.25, -0.2) is 0 Å². The normalized spacial score (nSPS) is 34.9. The van der Waals surface area contributed by atoms with Gasteiger partial charge in [-0.3, -0.25) is 10.1 Å². The second-order valence-electron chi connectivity index (χ2n) is 4.68. The van der Waals surface area contributed by atoms with Gasteiger partial charge in [0.15, 0.2) is 0 Å². The number of rotatable bonds is 2. The third-order valence-corrected chi connectivity index (χ3v) is 3.26. The Bertz CT molecular complexity index is 191. The van der Waals surface area contributed by atoms with Crippen molar-refractivity contribution in [2.45, 2.75) is 46.1 Å². The summed E-state index contributed by atoms with van der Waals surface area (Å²) in [6.45, 7) is 6.31. The second-order valence-corrected chi connectivity index (χ2v) is 4.68. The molecule has 3 nitrogen and oxygen atoms in total. The Morgan fingerprint density at radius 1 is 1.38 bits per heavy atom. The van der Waals surface area contributed by atoms with E-state index in [-0.39, 0.29) is 11.0 Å². The summed E-state index contributed by atoms with van der Waals surface area (Å²) in [4.78, 5) is 10.8. The summed E-state index contributed by atoms with van der Waals surface area (Å²) in [6.07, 6.45) is 2.97. The van der Waals surface area contributed by atoms with Crippen molar-refractivity contribution in [3.05, 3.63) is 10.1 Å². The van der Waals surface area contributed by atoms with E-state index in [1.165, 1.54) is 0 Å². The van der Waals surface area contributed by atoms with E-state index in [1.807, 2.05) is 0 Å². The first kappa shape index (κ1) is 10.5. The van der Waals surface area contributed by atoms with Crippen LogP contribution in [-0.4, -0.2) is 11.0 Å². The van der Waals surface area contributed by atoms with E-state index in [1.54, 1.807) is 0 Å². The molecule has 1 aliphatic carbocycles. The molecule has 0 spiro atoms. The minimum atomic E-state index is -0.288. The average Bonchev–Trinajstić information content (AvgIpc) is 2.03. The molecule has 1 rings (SSSR count). The molecule has 0 aromatic heterocycles. The lowest BCUT2D eigenvalue weighted by molar-refractivity contribution is -0.539. The molecule has 0 aromatic rings. The molecule has 1 fully saturated rings. The smallest absolute Gasteiger partial charge is 0.216 e. The van der Waals surface area contributed by atoms with Gasteiger partial charge in [0.25, 0.3) is 0 Å². The molecule has 13 heavy (non-hydrogen) atoms. The van der Waals surface area contributed by atoms with Gasteiger partial charge < -0.3 is 0 Å². The molecular formula is C10H19NO2. The van der Waals surface area contributed by atoms with Gasteiger partial charge >= 0.3 is 0 Å². The molecule has 0 unspecified atom stereocenters. The highest BCUT2D eigenvalue weighted by molar-refractivity contribution is 4.80. The van der Waals surface area contributed by atoms with Crippen LogP contribution >= 0.6 is 0 Å². The zero-order valence-corrected chi connectivity index (χ0v) is 8.69. The maximum absolute atomic E-state index is 10.8. The Hall–Kier alpha value is -0.600. The summed E-state index contributed by atoms with van der Waals surface area (Å²) in [5.74, 6) is 1.28. The third kappa shape index (κ3) is 2.42. The molecule has 0 saturated heterocycles. The fourth-order valence-corrected chi connectivity index (χ4v) is 2.39. The van der Waals surface area contributed by atoms with Gasteiger partial charge in [-0.1, -0.05) is 20.8 Å². The molecule has 1 aliphatic rings. The van der Waals surface area contributed by atoms with Crippen LogP contribution in [0.5, 0.6) is 0 Å². The van der Waals surface area contributed by atoms with Gasteiger partial charge in [-0.15, -0.1) is 0 Å². The minimum Gasteiger partial charge on any atom is -0.264 e. The van der Waals surface area contributed by atoms with E-state index < -0.39 is 0 Å². The van der Waals surface area contributed by atoms with Crippen LogP contribution < -0.4 is 0 Å². The molecule has 0 amide bonds. The van der Waals surface area contributed by atoms with E-state index in [0.717, 1.165) is 19.3 Å². The van der Waals surface area contributed by atoms with Gasteiger partial charge in [0.1, 0.15) is 0 Å². The largest absolute Gasteiger partial charge is 0.264 e. The van der Waals surface area contributed by atoms with Crippen LogP contribution in [0.15, 0.2) is 0 Å². The predicted octanol–water partition coefficient (Wildman–Crippen LogP) is 2.72. The van der Waals surface area contributed by atoms with Gasteiger partial charge in [-0.05, 0) is 24.7 Å². The first-order chi connectivity index (χ1) is 6.02. The summed E-state index contributed by atoms with van der Waals surface area (Å²) in [5, 5.41) is 10.8. The lowest BCUT2D eigenvalue weighted by atomic mass is 9.74. The fraction of sp³-hybridized carbons (Fsp3) is 1.00. The van der Waals surface area contributed by atoms with E-state index in [0.29, 0.717) is 17.8 Å². The predicted molar refractivity (Wildman–Crippen MR) is 52.1 cm³/mol. The summed E-state index contributed by atoms with van der Waals surface area (Å²) < 4.78 is 0. The van der Waals surface area contributed by atoms with Gasteiger partial charge in [0, 0.05) is 17.3 Å². The molecule has 3 heteroatoms. The van der Waals surface area contributed by atoms with E-state index >= 15 is 0 Å². The molecule has 0 N–H and O–H groups in total. The first-order valence-electron chi connectivity index (χ1n) is 5.16. The Morgan fingerprint density at radius 2 is 2.00 bits per heavy atom. The minimum absolute atomic E-state index is 0.0691. The molecule has 3 atom stereocenters. The SMILES string of the molecule is CC(C)[C@H]1CC[C@H](C)C[C@H]1[N+](=O)[O-]. The van der Waals surface area contributed by atoms with Crippen LogP contribution in [0.1, 0.15) is 40.0 Å². The fourth-order valence-electron chi connectivity index (χ4n) is 2.39. The van der Waals surface area contributed by atoms with Gasteiger partial charge in [0.05, 0.1) is 0 Å². The zero-order chi connectivity index (χ0) is 10.0. The Labute approximate surface area is 79.7 Å². The summed E-state index contributed by atoms with van der Waals surface area (Å²) in [6, 6.07) is -0.288. The Balaban J connectivity index is 2.66. The quantitative estimate of drug-likeness (QED) is 0.490. The molecule has 0 radical (unpaired) electrons. The van der Waals surface area contributed by atoms with Crippen LogP contribution in [0, 0.1) is 27.9 Å². The van der Waals surface area contributed by atoms with Gasteiger partial charge in [-0.2, -0.15) is 0 Å². The Morgan fingerprint density at radius 3 is 2.46 bits per heavy atom. The van der Waals surface area contributed by atoms with Crippen molar-refractivity contribution in [2.24, 2.45) is 17.8 Å². The highest BCUT2D eigenvalue weighted by Crippen LogP contribution is 2.34. The zero-order valence-electron chi connectivity index (χ0n) is 8.69. The lowest BCUT2D eigenvalue weighted by Crippen LogP contribution is -2.37. The van der Waals surface area contributed by atoms with Crippen LogP contribution in [0.25, 0.3) is 0 Å². The number of nitrogens with zero attached hydrogens (tertiary/aromatic N) is 1. The van der Waals surface area contributed by atoms with Crippen LogP contribution in [0.3, 0.4) is 0 Å². The maximum Gasteiger partial charge on any atom is 0.216 e. The van der Waals surface area contributed by atoms with Crippen molar-refractivity contribution >= 4 is 0 Å². The molecule has 0 heterocycles. The first-order valence-corrected chi connectivity index (χ1v) is 5.16. The summed E-state index contributed by atoms with van der Waals surface area (Å²) >= 11 is 0. The number of hydrogen-bond acceptors (Lipinski definition) is 2. The standard InChI is InChI=1S/C10H19NO2/c1-7(2)9-5-4-8(3)6-10(9)11(12)13/h7-10H,4-6H2,1-3H3/t8-,9+,10+/m0/s1. The molecular weight excluding hydrogens is 166 g/mol. The van der Waals surface area contributed by atoms with Crippen molar-refractivity contribution in [3.63, 3.8) is 0 Å². The lowest BCUT2D eigenvalue weighted by Gasteiger charge is -2.31. The molecule has 76 valence electrons. The van der Waals surface area contributed by atoms with Crippen molar-refractivity contribution in [1.82, 2.24) is 0 Å². The molecule has 0 aliphatic heterocycles. The van der Waals surface area contributed by atoms with Crippen LogP contribution in [0.4, 0.5) is 0 Å². The van der Waals surface area contributed by atoms with Crippen molar-refractivity contribution in [3.8, 4) is 0 Å². The highest BCUT2D eigenvalue weighted by Gasteiger charge is 2.38. The molecule has 0 aromatic carbocycles. The van der Waals surface area contributed by atoms with Gasteiger partial charge in [0.2, 0.25) is 6.04 Å². The number of hydrogen-bond donors (Lipinski definition) is 0. The van der Waals surface area contributed by atoms with E-state index in [2.05, 4.69) is 20.8 Å². The van der Waals surface area contributed by atoms with Crippen molar-refractivity contribution in [2.75, 3.05) is 0 Å². The number of nitro groups is 1. The van der Waals surface area contributed by atoms with E-state index in [4.69, 9.17) is 0 Å². The van der Waals surface area contributed by atoms with Crippen molar-refractivity contribution in [1.29, 1.82) is 0 Å². The summed E-state index contributed by atoms with van der Waals surface area (Å²) in [7, 11) is 0.